The van der Waals surface area contributed by atoms with E-state index in [0.717, 1.165) is 37.7 Å². The Balaban J connectivity index is 1.66. The van der Waals surface area contributed by atoms with Crippen molar-refractivity contribution in [2.45, 2.75) is 34.6 Å². The highest BCUT2D eigenvalue weighted by Gasteiger charge is 2.22. The van der Waals surface area contributed by atoms with Gasteiger partial charge in [0.1, 0.15) is 5.69 Å². The lowest BCUT2D eigenvalue weighted by Gasteiger charge is -2.15. The van der Waals surface area contributed by atoms with Crippen LogP contribution in [-0.2, 0) is 9.59 Å². The van der Waals surface area contributed by atoms with Gasteiger partial charge < -0.3 is 10.6 Å². The number of halogens is 1. The normalized spacial score (nSPS) is 10.8. The molecule has 7 nitrogen and oxygen atoms in total. The fourth-order valence-electron chi connectivity index (χ4n) is 4.25. The van der Waals surface area contributed by atoms with Crippen molar-refractivity contribution < 1.29 is 14.4 Å². The smallest absolute Gasteiger partial charge is 0.320 e. The largest absolute Gasteiger partial charge is 0.328 e. The van der Waals surface area contributed by atoms with Crippen LogP contribution in [-0.4, -0.2) is 22.4 Å². The number of fused-ring (bicyclic) bond motifs is 1. The van der Waals surface area contributed by atoms with E-state index in [0.29, 0.717) is 16.9 Å². The van der Waals surface area contributed by atoms with E-state index in [1.54, 1.807) is 18.2 Å². The summed E-state index contributed by atoms with van der Waals surface area (Å²) in [5, 5.41) is 6.35. The maximum atomic E-state index is 13.3. The molecule has 4 rings (SSSR count). The van der Waals surface area contributed by atoms with Gasteiger partial charge in [0.05, 0.1) is 5.52 Å². The SMILES string of the molecule is Cc1cc(C)c(NC(=O)C(=O)Nn2c(C(=O)Nc3cccc(C)c3C)cc3cc(Br)ccc32)c(C)c1. The van der Waals surface area contributed by atoms with E-state index in [9.17, 15) is 14.4 Å². The van der Waals surface area contributed by atoms with Gasteiger partial charge in [0.2, 0.25) is 0 Å². The standard InChI is InChI=1S/C28H27BrN4O3/c1-15-11-17(3)25(18(4)12-15)31-27(35)28(36)32-33-23-10-9-21(29)13-20(23)14-24(33)26(34)30-22-8-6-7-16(2)19(22)5/h6-14H,1-5H3,(H,30,34)(H,31,35)(H,32,36). The molecule has 0 fully saturated rings. The fraction of sp³-hybridized carbons (Fsp3) is 0.179. The first kappa shape index (κ1) is 25.2. The van der Waals surface area contributed by atoms with Crippen molar-refractivity contribution in [3.63, 3.8) is 0 Å². The summed E-state index contributed by atoms with van der Waals surface area (Å²) in [5.41, 5.74) is 9.42. The quantitative estimate of drug-likeness (QED) is 0.278. The Morgan fingerprint density at radius 3 is 2.17 bits per heavy atom. The second kappa shape index (κ2) is 9.99. The Kier molecular flexibility index (Phi) is 6.99. The average molecular weight is 547 g/mol. The topological polar surface area (TPSA) is 92.2 Å². The van der Waals surface area contributed by atoms with E-state index in [-0.39, 0.29) is 5.69 Å². The molecule has 0 saturated heterocycles. The summed E-state index contributed by atoms with van der Waals surface area (Å²) < 4.78 is 2.17. The first-order chi connectivity index (χ1) is 17.0. The van der Waals surface area contributed by atoms with E-state index in [2.05, 4.69) is 32.0 Å². The van der Waals surface area contributed by atoms with Crippen molar-refractivity contribution in [2.24, 2.45) is 0 Å². The van der Waals surface area contributed by atoms with Crippen LogP contribution in [0.5, 0.6) is 0 Å². The van der Waals surface area contributed by atoms with Crippen molar-refractivity contribution in [1.29, 1.82) is 0 Å². The van der Waals surface area contributed by atoms with Crippen LogP contribution in [0.25, 0.3) is 10.9 Å². The van der Waals surface area contributed by atoms with Gasteiger partial charge in [0, 0.05) is 21.2 Å². The first-order valence-corrected chi connectivity index (χ1v) is 12.2. The van der Waals surface area contributed by atoms with Crippen molar-refractivity contribution in [3.05, 3.63) is 92.6 Å². The number of rotatable bonds is 4. The Hall–Kier alpha value is -3.91. The van der Waals surface area contributed by atoms with E-state index in [1.807, 2.05) is 71.0 Å². The number of nitrogens with zero attached hydrogens (tertiary/aromatic N) is 1. The number of carbonyl (C=O) groups is 3. The van der Waals surface area contributed by atoms with Crippen molar-refractivity contribution in [2.75, 3.05) is 16.1 Å². The molecule has 184 valence electrons. The van der Waals surface area contributed by atoms with Gasteiger partial charge in [-0.15, -0.1) is 0 Å². The molecule has 0 saturated carbocycles. The zero-order valence-corrected chi connectivity index (χ0v) is 22.3. The summed E-state index contributed by atoms with van der Waals surface area (Å²) in [7, 11) is 0. The molecule has 4 aromatic rings. The molecule has 0 radical (unpaired) electrons. The summed E-state index contributed by atoms with van der Waals surface area (Å²) in [5.74, 6) is -2.14. The van der Waals surface area contributed by atoms with Crippen LogP contribution in [0.15, 0.2) is 59.1 Å². The van der Waals surface area contributed by atoms with E-state index in [4.69, 9.17) is 0 Å². The van der Waals surface area contributed by atoms with Crippen LogP contribution in [0.2, 0.25) is 0 Å². The predicted octanol–water partition coefficient (Wildman–Crippen LogP) is 5.91. The van der Waals surface area contributed by atoms with Crippen LogP contribution in [0.3, 0.4) is 0 Å². The summed E-state index contributed by atoms with van der Waals surface area (Å²) in [6, 6.07) is 16.6. The van der Waals surface area contributed by atoms with Gasteiger partial charge in [-0.25, -0.2) is 4.68 Å². The zero-order valence-electron chi connectivity index (χ0n) is 20.7. The van der Waals surface area contributed by atoms with Gasteiger partial charge in [-0.2, -0.15) is 0 Å². The van der Waals surface area contributed by atoms with Crippen molar-refractivity contribution in [3.8, 4) is 0 Å². The highest BCUT2D eigenvalue weighted by molar-refractivity contribution is 9.10. The second-order valence-electron chi connectivity index (χ2n) is 8.94. The number of aryl methyl sites for hydroxylation is 4. The molecule has 36 heavy (non-hydrogen) atoms. The molecule has 0 aliphatic heterocycles. The minimum atomic E-state index is -0.893. The molecule has 1 aromatic heterocycles. The number of anilines is 2. The predicted molar refractivity (Wildman–Crippen MR) is 147 cm³/mol. The summed E-state index contributed by atoms with van der Waals surface area (Å²) in [6.07, 6.45) is 0. The molecule has 0 spiro atoms. The zero-order chi connectivity index (χ0) is 26.1. The minimum absolute atomic E-state index is 0.188. The second-order valence-corrected chi connectivity index (χ2v) is 9.85. The molecule has 3 aromatic carbocycles. The Labute approximate surface area is 218 Å². The third-order valence-corrected chi connectivity index (χ3v) is 6.68. The summed E-state index contributed by atoms with van der Waals surface area (Å²) >= 11 is 3.44. The van der Waals surface area contributed by atoms with E-state index in [1.165, 1.54) is 4.68 Å². The number of hydrogen-bond acceptors (Lipinski definition) is 3. The lowest BCUT2D eigenvalue weighted by atomic mass is 10.1. The molecule has 0 atom stereocenters. The lowest BCUT2D eigenvalue weighted by Crippen LogP contribution is -2.36. The number of nitrogens with one attached hydrogen (secondary N) is 3. The molecule has 0 aliphatic carbocycles. The van der Waals surface area contributed by atoms with Crippen LogP contribution >= 0.6 is 15.9 Å². The van der Waals surface area contributed by atoms with Crippen molar-refractivity contribution >= 4 is 55.9 Å². The fourth-order valence-corrected chi connectivity index (χ4v) is 4.63. The van der Waals surface area contributed by atoms with Crippen LogP contribution in [0.4, 0.5) is 11.4 Å². The monoisotopic (exact) mass is 546 g/mol. The number of carbonyl (C=O) groups excluding carboxylic acids is 3. The molecular weight excluding hydrogens is 520 g/mol. The van der Waals surface area contributed by atoms with Crippen LogP contribution in [0.1, 0.15) is 38.3 Å². The lowest BCUT2D eigenvalue weighted by molar-refractivity contribution is -0.133. The summed E-state index contributed by atoms with van der Waals surface area (Å²) in [4.78, 5) is 39.1. The average Bonchev–Trinajstić information content (AvgIpc) is 3.16. The Morgan fingerprint density at radius 1 is 0.778 bits per heavy atom. The number of benzene rings is 3. The Morgan fingerprint density at radius 2 is 1.47 bits per heavy atom. The van der Waals surface area contributed by atoms with Gasteiger partial charge in [-0.1, -0.05) is 45.8 Å². The van der Waals surface area contributed by atoms with E-state index < -0.39 is 17.7 Å². The molecule has 8 heteroatoms. The van der Waals surface area contributed by atoms with Gasteiger partial charge >= 0.3 is 11.8 Å². The van der Waals surface area contributed by atoms with Gasteiger partial charge in [0.25, 0.3) is 5.91 Å². The van der Waals surface area contributed by atoms with Gasteiger partial charge in [0.15, 0.2) is 0 Å². The highest BCUT2D eigenvalue weighted by Crippen LogP contribution is 2.25. The number of hydrogen-bond donors (Lipinski definition) is 3. The molecule has 1 heterocycles. The van der Waals surface area contributed by atoms with Crippen LogP contribution < -0.4 is 16.1 Å². The van der Waals surface area contributed by atoms with Gasteiger partial charge in [-0.05, 0) is 87.2 Å². The highest BCUT2D eigenvalue weighted by atomic mass is 79.9. The maximum absolute atomic E-state index is 13.3. The molecule has 0 unspecified atom stereocenters. The van der Waals surface area contributed by atoms with Crippen molar-refractivity contribution in [1.82, 2.24) is 4.68 Å². The minimum Gasteiger partial charge on any atom is -0.320 e. The number of aromatic nitrogens is 1. The summed E-state index contributed by atoms with van der Waals surface area (Å²) in [6.45, 7) is 9.62. The molecule has 0 aliphatic rings. The molecule has 3 N–H and O–H groups in total. The first-order valence-electron chi connectivity index (χ1n) is 11.4. The molecule has 3 amide bonds. The van der Waals surface area contributed by atoms with Crippen LogP contribution in [0, 0.1) is 34.6 Å². The molecule has 0 bridgehead atoms. The third-order valence-electron chi connectivity index (χ3n) is 6.18. The molecular formula is C28H27BrN4O3. The number of amides is 3. The van der Waals surface area contributed by atoms with Gasteiger partial charge in [-0.3, -0.25) is 19.8 Å². The third kappa shape index (κ3) is 5.04. The Bertz CT molecular complexity index is 1510. The maximum Gasteiger partial charge on any atom is 0.328 e. The van der Waals surface area contributed by atoms with E-state index >= 15 is 0 Å².